The van der Waals surface area contributed by atoms with Crippen LogP contribution in [0.2, 0.25) is 0 Å². The molecule has 0 atom stereocenters. The van der Waals surface area contributed by atoms with Gasteiger partial charge in [-0.15, -0.1) is 11.3 Å². The number of hydrogen-bond donors (Lipinski definition) is 1. The summed E-state index contributed by atoms with van der Waals surface area (Å²) in [6, 6.07) is 1.76. The molecule has 0 amide bonds. The Hall–Kier alpha value is -0.430. The second-order valence-electron chi connectivity index (χ2n) is 4.71. The monoisotopic (exact) mass is 290 g/mol. The van der Waals surface area contributed by atoms with E-state index < -0.39 is 10.0 Å². The minimum Gasteiger partial charge on any atom is -0.312 e. The van der Waals surface area contributed by atoms with Crippen molar-refractivity contribution in [2.75, 3.05) is 20.1 Å². The van der Waals surface area contributed by atoms with Gasteiger partial charge < -0.3 is 5.32 Å². The zero-order chi connectivity index (χ0) is 13.8. The highest BCUT2D eigenvalue weighted by Crippen LogP contribution is 2.22. The van der Waals surface area contributed by atoms with E-state index in [1.165, 1.54) is 15.6 Å². The standard InChI is InChI=1S/C12H22N2O2S2/c1-5-13-7-11-6-12(9-17-11)18(15,16)14(4)8-10(2)3/h6,9-10,13H,5,7-8H2,1-4H3. The molecule has 18 heavy (non-hydrogen) atoms. The molecular formula is C12H22N2O2S2. The van der Waals surface area contributed by atoms with Crippen molar-refractivity contribution in [2.45, 2.75) is 32.2 Å². The molecule has 104 valence electrons. The first-order valence-corrected chi connectivity index (χ1v) is 8.44. The number of rotatable bonds is 7. The zero-order valence-electron chi connectivity index (χ0n) is 11.4. The molecule has 0 aliphatic heterocycles. The van der Waals surface area contributed by atoms with Crippen LogP contribution in [0.25, 0.3) is 0 Å². The van der Waals surface area contributed by atoms with Crippen LogP contribution in [0.15, 0.2) is 16.3 Å². The molecule has 0 radical (unpaired) electrons. The first-order valence-electron chi connectivity index (χ1n) is 6.12. The molecule has 0 aliphatic carbocycles. The number of nitrogens with one attached hydrogen (secondary N) is 1. The van der Waals surface area contributed by atoms with Crippen LogP contribution in [-0.4, -0.2) is 32.9 Å². The lowest BCUT2D eigenvalue weighted by atomic mass is 10.2. The summed E-state index contributed by atoms with van der Waals surface area (Å²) in [5.41, 5.74) is 0. The van der Waals surface area contributed by atoms with E-state index >= 15 is 0 Å². The Morgan fingerprint density at radius 3 is 2.67 bits per heavy atom. The molecule has 0 fully saturated rings. The van der Waals surface area contributed by atoms with Crippen LogP contribution < -0.4 is 5.32 Å². The van der Waals surface area contributed by atoms with E-state index in [1.54, 1.807) is 18.5 Å². The molecule has 0 bridgehead atoms. The number of sulfonamides is 1. The van der Waals surface area contributed by atoms with Gasteiger partial charge in [0, 0.05) is 30.4 Å². The predicted molar refractivity (Wildman–Crippen MR) is 76.4 cm³/mol. The van der Waals surface area contributed by atoms with Crippen LogP contribution >= 0.6 is 11.3 Å². The molecule has 0 spiro atoms. The highest BCUT2D eigenvalue weighted by atomic mass is 32.2. The minimum atomic E-state index is -3.32. The van der Waals surface area contributed by atoms with E-state index in [9.17, 15) is 8.42 Å². The normalized spacial score (nSPS) is 12.6. The average molecular weight is 290 g/mol. The molecule has 1 aromatic rings. The zero-order valence-corrected chi connectivity index (χ0v) is 13.1. The first kappa shape index (κ1) is 15.6. The van der Waals surface area contributed by atoms with Crippen molar-refractivity contribution in [3.05, 3.63) is 16.3 Å². The average Bonchev–Trinajstić information content (AvgIpc) is 2.74. The van der Waals surface area contributed by atoms with Crippen molar-refractivity contribution in [1.29, 1.82) is 0 Å². The van der Waals surface area contributed by atoms with E-state index in [0.717, 1.165) is 18.0 Å². The fourth-order valence-electron chi connectivity index (χ4n) is 1.63. The molecule has 0 unspecified atom stereocenters. The number of nitrogens with zero attached hydrogens (tertiary/aromatic N) is 1. The fourth-order valence-corrected chi connectivity index (χ4v) is 4.20. The van der Waals surface area contributed by atoms with Crippen LogP contribution in [0.4, 0.5) is 0 Å². The maximum Gasteiger partial charge on any atom is 0.243 e. The number of hydrogen-bond acceptors (Lipinski definition) is 4. The van der Waals surface area contributed by atoms with Crippen LogP contribution in [-0.2, 0) is 16.6 Å². The largest absolute Gasteiger partial charge is 0.312 e. The van der Waals surface area contributed by atoms with Gasteiger partial charge in [0.15, 0.2) is 0 Å². The maximum absolute atomic E-state index is 12.3. The van der Waals surface area contributed by atoms with Crippen LogP contribution in [0, 0.1) is 5.92 Å². The lowest BCUT2D eigenvalue weighted by Gasteiger charge is -2.18. The lowest BCUT2D eigenvalue weighted by Crippen LogP contribution is -2.30. The molecule has 4 nitrogen and oxygen atoms in total. The third-order valence-corrected chi connectivity index (χ3v) is 5.40. The van der Waals surface area contributed by atoms with Crippen molar-refractivity contribution < 1.29 is 8.42 Å². The Bertz CT molecular complexity index is 466. The summed E-state index contributed by atoms with van der Waals surface area (Å²) in [7, 11) is -1.69. The molecule has 1 heterocycles. The molecule has 1 rings (SSSR count). The van der Waals surface area contributed by atoms with Crippen molar-refractivity contribution in [3.8, 4) is 0 Å². The topological polar surface area (TPSA) is 49.4 Å². The van der Waals surface area contributed by atoms with Gasteiger partial charge in [0.05, 0.1) is 4.90 Å². The van der Waals surface area contributed by atoms with Gasteiger partial charge in [-0.1, -0.05) is 20.8 Å². The van der Waals surface area contributed by atoms with Gasteiger partial charge in [0.25, 0.3) is 0 Å². The molecule has 0 aliphatic rings. The SMILES string of the molecule is CCNCc1cc(S(=O)(=O)N(C)CC(C)C)cs1. The van der Waals surface area contributed by atoms with E-state index in [-0.39, 0.29) is 0 Å². The van der Waals surface area contributed by atoms with Crippen molar-refractivity contribution in [1.82, 2.24) is 9.62 Å². The van der Waals surface area contributed by atoms with E-state index in [4.69, 9.17) is 0 Å². The Morgan fingerprint density at radius 1 is 1.44 bits per heavy atom. The lowest BCUT2D eigenvalue weighted by molar-refractivity contribution is 0.417. The number of thiophene rings is 1. The van der Waals surface area contributed by atoms with Gasteiger partial charge in [-0.05, 0) is 18.5 Å². The summed E-state index contributed by atoms with van der Waals surface area (Å²) in [6.45, 7) is 8.20. The molecular weight excluding hydrogens is 268 g/mol. The van der Waals surface area contributed by atoms with Gasteiger partial charge in [-0.3, -0.25) is 0 Å². The van der Waals surface area contributed by atoms with Crippen LogP contribution in [0.3, 0.4) is 0 Å². The second kappa shape index (κ2) is 6.65. The molecule has 0 saturated heterocycles. The van der Waals surface area contributed by atoms with E-state index in [1.807, 2.05) is 20.8 Å². The summed E-state index contributed by atoms with van der Waals surface area (Å²) in [5.74, 6) is 0.324. The van der Waals surface area contributed by atoms with Crippen molar-refractivity contribution >= 4 is 21.4 Å². The predicted octanol–water partition coefficient (Wildman–Crippen LogP) is 2.13. The van der Waals surface area contributed by atoms with Crippen LogP contribution in [0.1, 0.15) is 25.6 Å². The van der Waals surface area contributed by atoms with Gasteiger partial charge in [-0.25, -0.2) is 12.7 Å². The van der Waals surface area contributed by atoms with E-state index in [2.05, 4.69) is 5.32 Å². The molecule has 1 N–H and O–H groups in total. The quantitative estimate of drug-likeness (QED) is 0.837. The minimum absolute atomic E-state index is 0.324. The Kier molecular flexibility index (Phi) is 5.78. The van der Waals surface area contributed by atoms with Gasteiger partial charge in [-0.2, -0.15) is 0 Å². The summed E-state index contributed by atoms with van der Waals surface area (Å²) >= 11 is 1.48. The fraction of sp³-hybridized carbons (Fsp3) is 0.667. The van der Waals surface area contributed by atoms with Crippen molar-refractivity contribution in [3.63, 3.8) is 0 Å². The summed E-state index contributed by atoms with van der Waals surface area (Å²) in [4.78, 5) is 1.46. The molecule has 0 saturated carbocycles. The Balaban J connectivity index is 2.81. The summed E-state index contributed by atoms with van der Waals surface area (Å²) in [5, 5.41) is 4.91. The smallest absolute Gasteiger partial charge is 0.243 e. The van der Waals surface area contributed by atoms with Crippen molar-refractivity contribution in [2.24, 2.45) is 5.92 Å². The summed E-state index contributed by atoms with van der Waals surface area (Å²) < 4.78 is 26.0. The van der Waals surface area contributed by atoms with Gasteiger partial charge in [0.1, 0.15) is 0 Å². The molecule has 1 aromatic heterocycles. The second-order valence-corrected chi connectivity index (χ2v) is 7.75. The highest BCUT2D eigenvalue weighted by molar-refractivity contribution is 7.89. The summed E-state index contributed by atoms with van der Waals surface area (Å²) in [6.07, 6.45) is 0. The maximum atomic E-state index is 12.3. The van der Waals surface area contributed by atoms with Crippen LogP contribution in [0.5, 0.6) is 0 Å². The first-order chi connectivity index (χ1) is 8.37. The third kappa shape index (κ3) is 4.05. The Morgan fingerprint density at radius 2 is 2.11 bits per heavy atom. The van der Waals surface area contributed by atoms with Gasteiger partial charge in [0.2, 0.25) is 10.0 Å². The Labute approximate surface area is 114 Å². The highest BCUT2D eigenvalue weighted by Gasteiger charge is 2.22. The molecule has 0 aromatic carbocycles. The third-order valence-electron chi connectivity index (χ3n) is 2.51. The van der Waals surface area contributed by atoms with E-state index in [0.29, 0.717) is 17.4 Å². The molecule has 6 heteroatoms. The van der Waals surface area contributed by atoms with Gasteiger partial charge >= 0.3 is 0 Å².